The fourth-order valence-electron chi connectivity index (χ4n) is 2.04. The Morgan fingerprint density at radius 2 is 2.40 bits per heavy atom. The molecular weight excluding hydrogens is 272 g/mol. The molecule has 1 aromatic rings. The second-order valence-corrected chi connectivity index (χ2v) is 6.41. The van der Waals surface area contributed by atoms with Crippen molar-refractivity contribution in [2.45, 2.75) is 31.8 Å². The minimum absolute atomic E-state index is 0.216. The van der Waals surface area contributed by atoms with E-state index in [0.29, 0.717) is 6.04 Å². The third-order valence-corrected chi connectivity index (χ3v) is 4.47. The van der Waals surface area contributed by atoms with Gasteiger partial charge in [-0.3, -0.25) is 0 Å². The third kappa shape index (κ3) is 2.81. The van der Waals surface area contributed by atoms with E-state index in [0.717, 1.165) is 19.4 Å². The van der Waals surface area contributed by atoms with Gasteiger partial charge in [-0.05, 0) is 40.9 Å². The third-order valence-electron chi connectivity index (χ3n) is 2.85. The first kappa shape index (κ1) is 11.1. The van der Waals surface area contributed by atoms with Gasteiger partial charge in [0.25, 0.3) is 0 Å². The van der Waals surface area contributed by atoms with Gasteiger partial charge in [-0.15, -0.1) is 11.3 Å². The molecule has 4 heteroatoms. The van der Waals surface area contributed by atoms with Gasteiger partial charge in [0.15, 0.2) is 0 Å². The summed E-state index contributed by atoms with van der Waals surface area (Å²) in [4.78, 5) is 1.32. The van der Waals surface area contributed by atoms with Crippen molar-refractivity contribution in [3.05, 3.63) is 20.8 Å². The summed E-state index contributed by atoms with van der Waals surface area (Å²) in [6.45, 7) is 0.888. The van der Waals surface area contributed by atoms with Crippen molar-refractivity contribution in [1.82, 2.24) is 5.32 Å². The van der Waals surface area contributed by atoms with Crippen molar-refractivity contribution in [1.29, 1.82) is 5.26 Å². The SMILES string of the molecule is N#CC1CCCC1NCc1ccc(Br)s1. The van der Waals surface area contributed by atoms with E-state index in [4.69, 9.17) is 5.26 Å². The zero-order valence-electron chi connectivity index (χ0n) is 8.37. The molecule has 0 bridgehead atoms. The molecule has 1 fully saturated rings. The van der Waals surface area contributed by atoms with Crippen molar-refractivity contribution in [2.75, 3.05) is 0 Å². The number of nitriles is 1. The van der Waals surface area contributed by atoms with E-state index in [1.807, 2.05) is 0 Å². The molecule has 15 heavy (non-hydrogen) atoms. The summed E-state index contributed by atoms with van der Waals surface area (Å²) in [5, 5.41) is 12.4. The van der Waals surface area contributed by atoms with Gasteiger partial charge in [0.1, 0.15) is 0 Å². The lowest BCUT2D eigenvalue weighted by molar-refractivity contribution is 0.466. The van der Waals surface area contributed by atoms with Crippen LogP contribution in [0.25, 0.3) is 0 Å². The maximum atomic E-state index is 8.94. The maximum absolute atomic E-state index is 8.94. The van der Waals surface area contributed by atoms with E-state index < -0.39 is 0 Å². The second-order valence-electron chi connectivity index (χ2n) is 3.86. The molecule has 0 aliphatic heterocycles. The highest BCUT2D eigenvalue weighted by Gasteiger charge is 2.26. The first-order chi connectivity index (χ1) is 7.29. The van der Waals surface area contributed by atoms with Gasteiger partial charge in [0, 0.05) is 17.5 Å². The number of nitrogens with one attached hydrogen (secondary N) is 1. The summed E-state index contributed by atoms with van der Waals surface area (Å²) >= 11 is 5.20. The summed E-state index contributed by atoms with van der Waals surface area (Å²) in [7, 11) is 0. The number of thiophene rings is 1. The first-order valence-electron chi connectivity index (χ1n) is 5.17. The molecule has 0 spiro atoms. The van der Waals surface area contributed by atoms with Gasteiger partial charge >= 0.3 is 0 Å². The van der Waals surface area contributed by atoms with Crippen LogP contribution in [0.15, 0.2) is 15.9 Å². The highest BCUT2D eigenvalue weighted by molar-refractivity contribution is 9.11. The number of hydrogen-bond donors (Lipinski definition) is 1. The molecule has 1 heterocycles. The molecule has 2 unspecified atom stereocenters. The highest BCUT2D eigenvalue weighted by Crippen LogP contribution is 2.26. The fraction of sp³-hybridized carbons (Fsp3) is 0.545. The van der Waals surface area contributed by atoms with Gasteiger partial charge in [0.2, 0.25) is 0 Å². The van der Waals surface area contributed by atoms with Crippen molar-refractivity contribution < 1.29 is 0 Å². The number of hydrogen-bond acceptors (Lipinski definition) is 3. The summed E-state index contributed by atoms with van der Waals surface area (Å²) in [6.07, 6.45) is 3.39. The van der Waals surface area contributed by atoms with Gasteiger partial charge in [0.05, 0.1) is 15.8 Å². The standard InChI is InChI=1S/C11H13BrN2S/c12-11-5-4-9(15-11)7-14-10-3-1-2-8(10)6-13/h4-5,8,10,14H,1-3,7H2. The Bertz CT molecular complexity index is 369. The second kappa shape index (κ2) is 5.11. The number of nitrogens with zero attached hydrogens (tertiary/aromatic N) is 1. The molecule has 1 N–H and O–H groups in total. The van der Waals surface area contributed by atoms with Crippen LogP contribution in [0.2, 0.25) is 0 Å². The van der Waals surface area contributed by atoms with Gasteiger partial charge < -0.3 is 5.32 Å². The molecule has 2 atom stereocenters. The lowest BCUT2D eigenvalue weighted by atomic mass is 10.1. The Kier molecular flexibility index (Phi) is 3.79. The molecular formula is C11H13BrN2S. The van der Waals surface area contributed by atoms with E-state index in [9.17, 15) is 0 Å². The number of halogens is 1. The predicted molar refractivity (Wildman–Crippen MR) is 65.6 cm³/mol. The molecule has 1 aliphatic carbocycles. The van der Waals surface area contributed by atoms with Crippen molar-refractivity contribution in [3.63, 3.8) is 0 Å². The van der Waals surface area contributed by atoms with E-state index in [2.05, 4.69) is 39.4 Å². The molecule has 0 amide bonds. The van der Waals surface area contributed by atoms with Gasteiger partial charge in [-0.1, -0.05) is 6.42 Å². The zero-order chi connectivity index (χ0) is 10.7. The molecule has 0 aromatic carbocycles. The van der Waals surface area contributed by atoms with Crippen LogP contribution in [0.5, 0.6) is 0 Å². The Balaban J connectivity index is 1.85. The molecule has 2 rings (SSSR count). The molecule has 0 saturated heterocycles. The Hall–Kier alpha value is -0.370. The number of rotatable bonds is 3. The topological polar surface area (TPSA) is 35.8 Å². The Morgan fingerprint density at radius 1 is 1.53 bits per heavy atom. The van der Waals surface area contributed by atoms with E-state index in [1.165, 1.54) is 15.1 Å². The smallest absolute Gasteiger partial charge is 0.0701 e. The van der Waals surface area contributed by atoms with E-state index >= 15 is 0 Å². The van der Waals surface area contributed by atoms with Crippen LogP contribution < -0.4 is 5.32 Å². The average Bonchev–Trinajstić information content (AvgIpc) is 2.83. The Labute approximate surface area is 102 Å². The molecule has 80 valence electrons. The average molecular weight is 285 g/mol. The summed E-state index contributed by atoms with van der Waals surface area (Å²) < 4.78 is 1.17. The monoisotopic (exact) mass is 284 g/mol. The van der Waals surface area contributed by atoms with Crippen LogP contribution in [-0.2, 0) is 6.54 Å². The van der Waals surface area contributed by atoms with Gasteiger partial charge in [-0.25, -0.2) is 0 Å². The summed E-state index contributed by atoms with van der Waals surface area (Å²) in [5.74, 6) is 0.216. The van der Waals surface area contributed by atoms with Crippen LogP contribution >= 0.6 is 27.3 Å². The molecule has 1 saturated carbocycles. The zero-order valence-corrected chi connectivity index (χ0v) is 10.8. The van der Waals surface area contributed by atoms with Crippen molar-refractivity contribution >= 4 is 27.3 Å². The highest BCUT2D eigenvalue weighted by atomic mass is 79.9. The maximum Gasteiger partial charge on any atom is 0.0701 e. The van der Waals surface area contributed by atoms with Crippen LogP contribution in [0.3, 0.4) is 0 Å². The molecule has 2 nitrogen and oxygen atoms in total. The van der Waals surface area contributed by atoms with E-state index in [1.54, 1.807) is 11.3 Å². The predicted octanol–water partition coefficient (Wildman–Crippen LogP) is 3.29. The first-order valence-corrected chi connectivity index (χ1v) is 6.78. The van der Waals surface area contributed by atoms with Crippen LogP contribution in [0.1, 0.15) is 24.1 Å². The van der Waals surface area contributed by atoms with Crippen LogP contribution in [0.4, 0.5) is 0 Å². The van der Waals surface area contributed by atoms with Crippen LogP contribution in [-0.4, -0.2) is 6.04 Å². The Morgan fingerprint density at radius 3 is 3.07 bits per heavy atom. The molecule has 1 aliphatic rings. The van der Waals surface area contributed by atoms with Crippen LogP contribution in [0, 0.1) is 17.2 Å². The molecule has 0 radical (unpaired) electrons. The normalized spacial score (nSPS) is 25.3. The largest absolute Gasteiger partial charge is 0.308 e. The molecule has 1 aromatic heterocycles. The van der Waals surface area contributed by atoms with Gasteiger partial charge in [-0.2, -0.15) is 5.26 Å². The fourth-order valence-corrected chi connectivity index (χ4v) is 3.47. The summed E-state index contributed by atoms with van der Waals surface area (Å²) in [6, 6.07) is 6.98. The minimum atomic E-state index is 0.216. The lowest BCUT2D eigenvalue weighted by Crippen LogP contribution is -2.30. The summed E-state index contributed by atoms with van der Waals surface area (Å²) in [5.41, 5.74) is 0. The van der Waals surface area contributed by atoms with E-state index in [-0.39, 0.29) is 5.92 Å². The van der Waals surface area contributed by atoms with Crippen molar-refractivity contribution in [2.24, 2.45) is 5.92 Å². The lowest BCUT2D eigenvalue weighted by Gasteiger charge is -2.14. The minimum Gasteiger partial charge on any atom is -0.308 e. The van der Waals surface area contributed by atoms with Crippen molar-refractivity contribution in [3.8, 4) is 6.07 Å². The quantitative estimate of drug-likeness (QED) is 0.925.